The van der Waals surface area contributed by atoms with Crippen molar-refractivity contribution in [2.45, 2.75) is 160 Å². The van der Waals surface area contributed by atoms with Crippen molar-refractivity contribution in [1.29, 1.82) is 0 Å². The quantitative estimate of drug-likeness (QED) is 0.311. The number of carbonyl (C=O) groups excluding carboxylic acids is 1. The number of aromatic nitrogens is 1. The van der Waals surface area contributed by atoms with Gasteiger partial charge in [0.25, 0.3) is 0 Å². The first-order valence-corrected chi connectivity index (χ1v) is 20.0. The average molecular weight is 711 g/mol. The van der Waals surface area contributed by atoms with Crippen LogP contribution in [-0.4, -0.2) is 58.5 Å². The van der Waals surface area contributed by atoms with Gasteiger partial charge in [-0.3, -0.25) is 9.78 Å². The van der Waals surface area contributed by atoms with Gasteiger partial charge in [0, 0.05) is 49.5 Å². The highest BCUT2D eigenvalue weighted by Crippen LogP contribution is 2.63. The molecule has 2 saturated carbocycles. The summed E-state index contributed by atoms with van der Waals surface area (Å²) in [4.78, 5) is 43.6. The third-order valence-corrected chi connectivity index (χ3v) is 15.2. The molecule has 1 aromatic rings. The highest BCUT2D eigenvalue weighted by molar-refractivity contribution is 5.78. The van der Waals surface area contributed by atoms with E-state index in [0.717, 1.165) is 56.9 Å². The normalized spacial score (nSPS) is 51.8. The van der Waals surface area contributed by atoms with Crippen molar-refractivity contribution in [1.82, 2.24) is 10.3 Å². The minimum Gasteiger partial charge on any atom is -0.352 e. The zero-order valence-corrected chi connectivity index (χ0v) is 31.2. The summed E-state index contributed by atoms with van der Waals surface area (Å²) < 4.78 is 27.4. The predicted octanol–water partition coefficient (Wildman–Crippen LogP) is 6.60. The fourth-order valence-electron chi connectivity index (χ4n) is 12.2. The van der Waals surface area contributed by atoms with E-state index in [1.54, 1.807) is 12.4 Å². The Kier molecular flexibility index (Phi) is 8.71. The van der Waals surface area contributed by atoms with Gasteiger partial charge in [-0.25, -0.2) is 19.6 Å². The van der Waals surface area contributed by atoms with Gasteiger partial charge >= 0.3 is 0 Å². The molecule has 8 aliphatic heterocycles. The van der Waals surface area contributed by atoms with Crippen LogP contribution in [0.3, 0.4) is 0 Å². The van der Waals surface area contributed by atoms with Crippen molar-refractivity contribution in [2.75, 3.05) is 0 Å². The topological polar surface area (TPSA) is 116 Å². The lowest BCUT2D eigenvalue weighted by atomic mass is 9.56. The molecule has 2 aliphatic carbocycles. The van der Waals surface area contributed by atoms with Gasteiger partial charge in [-0.15, -0.1) is 0 Å². The van der Waals surface area contributed by atoms with Crippen molar-refractivity contribution >= 4 is 5.91 Å². The van der Waals surface area contributed by atoms with E-state index in [2.05, 4.69) is 38.0 Å². The molecule has 0 aromatic carbocycles. The summed E-state index contributed by atoms with van der Waals surface area (Å²) in [7, 11) is 0. The van der Waals surface area contributed by atoms with Crippen LogP contribution in [0.5, 0.6) is 0 Å². The smallest absolute Gasteiger partial charge is 0.223 e. The molecule has 1 amide bonds. The maximum Gasteiger partial charge on any atom is 0.223 e. The van der Waals surface area contributed by atoms with Gasteiger partial charge in [0.05, 0.1) is 12.2 Å². The van der Waals surface area contributed by atoms with Crippen molar-refractivity contribution in [2.24, 2.45) is 53.3 Å². The van der Waals surface area contributed by atoms with Crippen LogP contribution in [0, 0.1) is 53.3 Å². The molecule has 0 unspecified atom stereocenters. The lowest BCUT2D eigenvalue weighted by Crippen LogP contribution is -2.70. The Morgan fingerprint density at radius 2 is 1.22 bits per heavy atom. The summed E-state index contributed by atoms with van der Waals surface area (Å²) in [5, 5.41) is 3.27. The molecule has 11 heteroatoms. The van der Waals surface area contributed by atoms with Crippen LogP contribution in [0.4, 0.5) is 0 Å². The molecule has 8 saturated heterocycles. The number of carbonyl (C=O) groups is 1. The van der Waals surface area contributed by atoms with Gasteiger partial charge in [-0.1, -0.05) is 27.7 Å². The molecule has 0 radical (unpaired) electrons. The van der Waals surface area contributed by atoms with Gasteiger partial charge in [0.2, 0.25) is 17.5 Å². The van der Waals surface area contributed by atoms with E-state index in [1.807, 2.05) is 26.0 Å². The minimum absolute atomic E-state index is 0.00831. The number of fused-ring (bicyclic) bond motifs is 4. The fraction of sp³-hybridized carbons (Fsp3) is 0.850. The van der Waals surface area contributed by atoms with E-state index in [4.69, 9.17) is 38.5 Å². The molecule has 11 nitrogen and oxygen atoms in total. The molecule has 16 atom stereocenters. The Morgan fingerprint density at radius 1 is 0.725 bits per heavy atom. The summed E-state index contributed by atoms with van der Waals surface area (Å²) in [6.45, 7) is 13.6. The minimum atomic E-state index is -0.846. The summed E-state index contributed by atoms with van der Waals surface area (Å²) in [6, 6.07) is 3.88. The Hall–Kier alpha value is -1.70. The number of nitrogens with zero attached hydrogens (tertiary/aromatic N) is 1. The average Bonchev–Trinajstić information content (AvgIpc) is 3.49. The van der Waals surface area contributed by atoms with Crippen LogP contribution in [0.25, 0.3) is 0 Å². The van der Waals surface area contributed by atoms with E-state index >= 15 is 0 Å². The van der Waals surface area contributed by atoms with E-state index in [0.29, 0.717) is 43.1 Å². The molecule has 10 fully saturated rings. The molecule has 4 bridgehead atoms. The number of pyridine rings is 1. The molecule has 9 heterocycles. The highest BCUT2D eigenvalue weighted by Gasteiger charge is 2.71. The zero-order valence-electron chi connectivity index (χ0n) is 31.2. The van der Waals surface area contributed by atoms with E-state index in [9.17, 15) is 4.79 Å². The summed E-state index contributed by atoms with van der Waals surface area (Å²) >= 11 is 0. The van der Waals surface area contributed by atoms with Crippen LogP contribution in [0.1, 0.15) is 111 Å². The first-order valence-electron chi connectivity index (χ1n) is 20.0. The van der Waals surface area contributed by atoms with Gasteiger partial charge in [0.1, 0.15) is 0 Å². The molecule has 51 heavy (non-hydrogen) atoms. The number of amides is 1. The van der Waals surface area contributed by atoms with Crippen LogP contribution in [0.2, 0.25) is 0 Å². The maximum atomic E-state index is 14.4. The van der Waals surface area contributed by atoms with Gasteiger partial charge in [0.15, 0.2) is 23.8 Å². The standard InChI is InChI=1S/C40H58N2O9/c1-22-7-9-30-24(3)32(44-35-39(30)28(22)11-15-37(5,46-35)48-50-39)19-27(34(43)42-21-26-13-17-41-18-14-26)20-33-25(4)31-10-8-23(2)29-12-16-38(6)47-36(45-33)40(29,31)51-49-38/h13-14,17-18,22-25,27-33,35-36H,7-12,15-16,19-21H2,1-6H3,(H,42,43)/t22-,23-,24-,25-,28+,29+,30+,31+,32-,33-,35-,36-,37+,38+,39-,40-/m1/s1. The van der Waals surface area contributed by atoms with Crippen LogP contribution < -0.4 is 5.32 Å². The second kappa shape index (κ2) is 12.7. The Labute approximate surface area is 302 Å². The molecule has 1 aromatic heterocycles. The van der Waals surface area contributed by atoms with Crippen molar-refractivity contribution in [3.05, 3.63) is 30.1 Å². The molecular weight excluding hydrogens is 652 g/mol. The van der Waals surface area contributed by atoms with Crippen molar-refractivity contribution in [3.63, 3.8) is 0 Å². The lowest BCUT2D eigenvalue weighted by Gasteiger charge is -2.61. The number of nitrogens with one attached hydrogen (secondary N) is 1. The summed E-state index contributed by atoms with van der Waals surface area (Å²) in [5.41, 5.74) is -0.265. The maximum absolute atomic E-state index is 14.4. The summed E-state index contributed by atoms with van der Waals surface area (Å²) in [5.74, 6) is 0.198. The van der Waals surface area contributed by atoms with Crippen LogP contribution in [-0.2, 0) is 49.8 Å². The molecule has 2 spiro atoms. The second-order valence-corrected chi connectivity index (χ2v) is 18.1. The van der Waals surface area contributed by atoms with E-state index in [-0.39, 0.29) is 47.7 Å². The number of hydrogen-bond acceptors (Lipinski definition) is 10. The van der Waals surface area contributed by atoms with Crippen LogP contribution >= 0.6 is 0 Å². The Morgan fingerprint density at radius 3 is 1.71 bits per heavy atom. The molecular formula is C40H58N2O9. The van der Waals surface area contributed by atoms with E-state index in [1.165, 1.54) is 0 Å². The predicted molar refractivity (Wildman–Crippen MR) is 182 cm³/mol. The SMILES string of the molecule is C[C@H]1[C@@H](CC(C[C@H]2O[C@@H]3O[C@]4(C)CC[C@H]5[C@H](C)CC[C@@H]([C@H]2C)[C@@]35OO4)C(=O)NCc2ccncc2)O[C@@H]2O[C@]3(C)CC[C@H]4[C@H](C)CC[C@@H]1[C@@]24OO3. The first kappa shape index (κ1) is 35.0. The van der Waals surface area contributed by atoms with Gasteiger partial charge in [-0.2, -0.15) is 0 Å². The second-order valence-electron chi connectivity index (χ2n) is 18.1. The van der Waals surface area contributed by atoms with Gasteiger partial charge in [-0.05, 0) is 118 Å². The largest absolute Gasteiger partial charge is 0.352 e. The summed E-state index contributed by atoms with van der Waals surface area (Å²) in [6.07, 6.45) is 11.0. The number of hydrogen-bond donors (Lipinski definition) is 1. The Balaban J connectivity index is 1.00. The number of ether oxygens (including phenoxy) is 4. The Bertz CT molecular complexity index is 1390. The zero-order chi connectivity index (χ0) is 35.3. The lowest BCUT2D eigenvalue weighted by molar-refractivity contribution is -0.571. The first-order chi connectivity index (χ1) is 24.4. The van der Waals surface area contributed by atoms with E-state index < -0.39 is 35.4 Å². The fourth-order valence-corrected chi connectivity index (χ4v) is 12.2. The van der Waals surface area contributed by atoms with Crippen LogP contribution in [0.15, 0.2) is 24.5 Å². The third-order valence-electron chi connectivity index (χ3n) is 15.2. The number of rotatable bonds is 7. The molecule has 1 N–H and O–H groups in total. The molecule has 282 valence electrons. The van der Waals surface area contributed by atoms with Crippen molar-refractivity contribution < 1.29 is 43.3 Å². The third kappa shape index (κ3) is 5.49. The highest BCUT2D eigenvalue weighted by atomic mass is 17.3. The monoisotopic (exact) mass is 710 g/mol. The molecule has 10 aliphatic rings. The molecule has 11 rings (SSSR count). The van der Waals surface area contributed by atoms with Crippen molar-refractivity contribution in [3.8, 4) is 0 Å². The van der Waals surface area contributed by atoms with Gasteiger partial charge < -0.3 is 24.3 Å².